The van der Waals surface area contributed by atoms with Crippen LogP contribution >= 0.6 is 34.5 Å². The Hall–Kier alpha value is -2.02. The third kappa shape index (κ3) is 6.35. The second-order valence-corrected chi connectivity index (χ2v) is 11.5. The van der Waals surface area contributed by atoms with Crippen molar-refractivity contribution in [2.45, 2.75) is 46.0 Å². The van der Waals surface area contributed by atoms with Crippen molar-refractivity contribution in [2.75, 3.05) is 24.6 Å². The highest BCUT2D eigenvalue weighted by Gasteiger charge is 2.35. The Morgan fingerprint density at radius 2 is 1.94 bits per heavy atom. The summed E-state index contributed by atoms with van der Waals surface area (Å²) in [6.45, 7) is 7.09. The lowest BCUT2D eigenvalue weighted by molar-refractivity contribution is -0.136. The Balaban J connectivity index is 1.40. The van der Waals surface area contributed by atoms with Crippen molar-refractivity contribution in [3.8, 4) is 5.75 Å². The minimum atomic E-state index is -0.882. The highest BCUT2D eigenvalue weighted by molar-refractivity contribution is 7.22. The molecule has 1 aromatic heterocycles. The van der Waals surface area contributed by atoms with E-state index in [0.717, 1.165) is 59.1 Å². The van der Waals surface area contributed by atoms with E-state index in [-0.39, 0.29) is 11.8 Å². The van der Waals surface area contributed by atoms with Crippen molar-refractivity contribution >= 4 is 55.9 Å². The molecule has 1 aliphatic rings. The van der Waals surface area contributed by atoms with Crippen LogP contribution in [0.25, 0.3) is 10.2 Å². The van der Waals surface area contributed by atoms with E-state index < -0.39 is 5.97 Å². The molecule has 5 nitrogen and oxygen atoms in total. The smallest absolute Gasteiger partial charge is 0.307 e. The van der Waals surface area contributed by atoms with Crippen LogP contribution in [0.1, 0.15) is 45.1 Å². The summed E-state index contributed by atoms with van der Waals surface area (Å²) in [5.41, 5.74) is 1.87. The maximum Gasteiger partial charge on any atom is 0.307 e. The second kappa shape index (κ2) is 10.7. The van der Waals surface area contributed by atoms with Gasteiger partial charge in [0.05, 0.1) is 23.2 Å². The van der Waals surface area contributed by atoms with Crippen LogP contribution in [0.2, 0.25) is 10.0 Å². The van der Waals surface area contributed by atoms with Crippen molar-refractivity contribution in [3.05, 3.63) is 52.0 Å². The number of carboxylic acids is 1. The number of ether oxygens (including phenoxy) is 1. The predicted molar refractivity (Wildman–Crippen MR) is 141 cm³/mol. The molecule has 3 aromatic rings. The summed E-state index contributed by atoms with van der Waals surface area (Å²) in [7, 11) is 0. The van der Waals surface area contributed by atoms with Gasteiger partial charge in [-0.1, -0.05) is 48.4 Å². The van der Waals surface area contributed by atoms with Crippen LogP contribution in [0.5, 0.6) is 5.75 Å². The molecule has 0 unspecified atom stereocenters. The van der Waals surface area contributed by atoms with Gasteiger partial charge in [-0.25, -0.2) is 4.98 Å². The van der Waals surface area contributed by atoms with Gasteiger partial charge in [0.2, 0.25) is 0 Å². The number of benzene rings is 2. The Morgan fingerprint density at radius 3 is 2.65 bits per heavy atom. The number of thiazole rings is 1. The number of hydrogen-bond donors (Lipinski definition) is 1. The van der Waals surface area contributed by atoms with Gasteiger partial charge in [0.25, 0.3) is 0 Å². The van der Waals surface area contributed by atoms with E-state index in [1.807, 2.05) is 18.2 Å². The quantitative estimate of drug-likeness (QED) is 0.319. The van der Waals surface area contributed by atoms with E-state index >= 15 is 0 Å². The fourth-order valence-corrected chi connectivity index (χ4v) is 6.52. The van der Waals surface area contributed by atoms with Crippen molar-refractivity contribution in [1.29, 1.82) is 0 Å². The van der Waals surface area contributed by atoms with Gasteiger partial charge in [0.15, 0.2) is 5.13 Å². The molecule has 0 bridgehead atoms. The summed E-state index contributed by atoms with van der Waals surface area (Å²) in [5.74, 6) is 0.352. The van der Waals surface area contributed by atoms with Gasteiger partial charge in [-0.05, 0) is 79.0 Å². The molecule has 1 aliphatic heterocycles. The summed E-state index contributed by atoms with van der Waals surface area (Å²) < 4.78 is 7.19. The molecule has 182 valence electrons. The SMILES string of the molecule is CC(C)CC1(CCOc2cc(Cl)cc(CC(=O)O)c2)CCN(c2nc3ccc(Cl)cc3s2)CC1. The molecular weight excluding hydrogens is 491 g/mol. The molecule has 0 aliphatic carbocycles. The summed E-state index contributed by atoms with van der Waals surface area (Å²) in [6, 6.07) is 11.1. The van der Waals surface area contributed by atoms with Crippen LogP contribution in [0, 0.1) is 11.3 Å². The van der Waals surface area contributed by atoms with E-state index in [1.54, 1.807) is 29.5 Å². The van der Waals surface area contributed by atoms with Gasteiger partial charge in [-0.3, -0.25) is 4.79 Å². The average Bonchev–Trinajstić information content (AvgIpc) is 3.16. The topological polar surface area (TPSA) is 62.7 Å². The predicted octanol–water partition coefficient (Wildman–Crippen LogP) is 7.33. The fraction of sp³-hybridized carbons (Fsp3) is 0.462. The number of anilines is 1. The monoisotopic (exact) mass is 520 g/mol. The first kappa shape index (κ1) is 25.1. The molecule has 0 amide bonds. The molecule has 0 atom stereocenters. The third-order valence-corrected chi connectivity index (χ3v) is 7.99. The first-order chi connectivity index (χ1) is 16.2. The van der Waals surface area contributed by atoms with Gasteiger partial charge in [0, 0.05) is 23.1 Å². The van der Waals surface area contributed by atoms with Crippen molar-refractivity contribution in [3.63, 3.8) is 0 Å². The van der Waals surface area contributed by atoms with E-state index in [1.165, 1.54) is 0 Å². The van der Waals surface area contributed by atoms with Crippen LogP contribution in [-0.4, -0.2) is 35.8 Å². The lowest BCUT2D eigenvalue weighted by Gasteiger charge is -2.43. The number of carbonyl (C=O) groups is 1. The molecule has 0 spiro atoms. The van der Waals surface area contributed by atoms with Gasteiger partial charge < -0.3 is 14.7 Å². The van der Waals surface area contributed by atoms with Crippen LogP contribution in [-0.2, 0) is 11.2 Å². The first-order valence-electron chi connectivity index (χ1n) is 11.7. The highest BCUT2D eigenvalue weighted by atomic mass is 35.5. The third-order valence-electron chi connectivity index (χ3n) is 6.46. The minimum absolute atomic E-state index is 0.0674. The maximum atomic E-state index is 11.1. The lowest BCUT2D eigenvalue weighted by Crippen LogP contribution is -2.41. The van der Waals surface area contributed by atoms with Crippen LogP contribution < -0.4 is 9.64 Å². The Bertz CT molecular complexity index is 1160. The van der Waals surface area contributed by atoms with E-state index in [4.69, 9.17) is 38.0 Å². The Labute approximate surface area is 214 Å². The molecular formula is C26H30Cl2N2O3S. The number of aliphatic carboxylic acids is 1. The molecule has 2 heterocycles. The standard InChI is InChI=1S/C26H30Cl2N2O3S/c1-17(2)16-26(7-10-33-21-12-18(13-24(31)32)11-20(28)14-21)5-8-30(9-6-26)25-29-22-4-3-19(27)15-23(22)34-25/h3-4,11-12,14-15,17H,5-10,13,16H2,1-2H3,(H,31,32). The normalized spacial score (nSPS) is 15.7. The Kier molecular flexibility index (Phi) is 7.90. The molecule has 1 N–H and O–H groups in total. The minimum Gasteiger partial charge on any atom is -0.494 e. The number of aromatic nitrogens is 1. The molecule has 34 heavy (non-hydrogen) atoms. The van der Waals surface area contributed by atoms with Gasteiger partial charge in [-0.15, -0.1) is 0 Å². The zero-order valence-electron chi connectivity index (χ0n) is 19.5. The number of carboxylic acid groups (broad SMARTS) is 1. The van der Waals surface area contributed by atoms with Gasteiger partial charge >= 0.3 is 5.97 Å². The van der Waals surface area contributed by atoms with Gasteiger partial charge in [0.1, 0.15) is 5.75 Å². The number of halogens is 2. The maximum absolute atomic E-state index is 11.1. The van der Waals surface area contributed by atoms with Crippen LogP contribution in [0.3, 0.4) is 0 Å². The van der Waals surface area contributed by atoms with Crippen molar-refractivity contribution in [1.82, 2.24) is 4.98 Å². The zero-order valence-corrected chi connectivity index (χ0v) is 21.8. The van der Waals surface area contributed by atoms with Crippen molar-refractivity contribution in [2.24, 2.45) is 11.3 Å². The molecule has 0 saturated carbocycles. The Morgan fingerprint density at radius 1 is 1.18 bits per heavy atom. The average molecular weight is 522 g/mol. The summed E-state index contributed by atoms with van der Waals surface area (Å²) >= 11 is 14.0. The molecule has 1 saturated heterocycles. The zero-order chi connectivity index (χ0) is 24.3. The van der Waals surface area contributed by atoms with Gasteiger partial charge in [-0.2, -0.15) is 0 Å². The second-order valence-electron chi connectivity index (χ2n) is 9.66. The van der Waals surface area contributed by atoms with E-state index in [2.05, 4.69) is 18.7 Å². The number of piperidine rings is 1. The summed E-state index contributed by atoms with van der Waals surface area (Å²) in [6.07, 6.45) is 4.22. The molecule has 0 radical (unpaired) electrons. The van der Waals surface area contributed by atoms with E-state index in [9.17, 15) is 4.79 Å². The number of fused-ring (bicyclic) bond motifs is 1. The molecule has 4 rings (SSSR count). The lowest BCUT2D eigenvalue weighted by atomic mass is 9.70. The number of rotatable bonds is 9. The fourth-order valence-electron chi connectivity index (χ4n) is 4.98. The molecule has 2 aromatic carbocycles. The van der Waals surface area contributed by atoms with E-state index in [0.29, 0.717) is 28.9 Å². The summed E-state index contributed by atoms with van der Waals surface area (Å²) in [4.78, 5) is 18.3. The number of nitrogens with zero attached hydrogens (tertiary/aromatic N) is 2. The van der Waals surface area contributed by atoms with Crippen LogP contribution in [0.4, 0.5) is 5.13 Å². The summed E-state index contributed by atoms with van der Waals surface area (Å²) in [5, 5.41) is 11.4. The largest absolute Gasteiger partial charge is 0.494 e. The highest BCUT2D eigenvalue weighted by Crippen LogP contribution is 2.43. The molecule has 1 fully saturated rings. The molecule has 8 heteroatoms. The first-order valence-corrected chi connectivity index (χ1v) is 13.2. The van der Waals surface area contributed by atoms with Crippen LogP contribution in [0.15, 0.2) is 36.4 Å². The number of hydrogen-bond acceptors (Lipinski definition) is 5. The van der Waals surface area contributed by atoms with Crippen molar-refractivity contribution < 1.29 is 14.6 Å².